The molecule has 0 saturated heterocycles. The Morgan fingerprint density at radius 3 is 2.74 bits per heavy atom. The fraction of sp³-hybridized carbons (Fsp3) is 0.857. The summed E-state index contributed by atoms with van der Waals surface area (Å²) in [6, 6.07) is 0. The van der Waals surface area contributed by atoms with Gasteiger partial charge >= 0.3 is 0 Å². The third-order valence-corrected chi connectivity index (χ3v) is 5.52. The Kier molecular flexibility index (Phi) is 5.28. The Labute approximate surface area is 119 Å². The van der Waals surface area contributed by atoms with E-state index in [0.717, 1.165) is 30.3 Å². The summed E-state index contributed by atoms with van der Waals surface area (Å²) >= 11 is 1.88. The smallest absolute Gasteiger partial charge is 0.234 e. The van der Waals surface area contributed by atoms with Crippen LogP contribution in [0.15, 0.2) is 4.52 Å². The molecule has 4 nitrogen and oxygen atoms in total. The predicted octanol–water partition coefficient (Wildman–Crippen LogP) is 3.26. The van der Waals surface area contributed by atoms with Crippen molar-refractivity contribution in [3.63, 3.8) is 0 Å². The average Bonchev–Trinajstić information content (AvgIpc) is 2.95. The van der Waals surface area contributed by atoms with Crippen LogP contribution in [0.1, 0.15) is 64.1 Å². The third-order valence-electron chi connectivity index (χ3n) is 4.20. The summed E-state index contributed by atoms with van der Waals surface area (Å²) in [5, 5.41) is 4.77. The van der Waals surface area contributed by atoms with E-state index in [1.807, 2.05) is 11.8 Å². The van der Waals surface area contributed by atoms with E-state index in [0.29, 0.717) is 11.8 Å². The van der Waals surface area contributed by atoms with Crippen molar-refractivity contribution in [3.8, 4) is 0 Å². The van der Waals surface area contributed by atoms with Gasteiger partial charge in [0.05, 0.1) is 11.2 Å². The summed E-state index contributed by atoms with van der Waals surface area (Å²) in [6.45, 7) is 5.05. The molecule has 2 rings (SSSR count). The molecule has 0 bridgehead atoms. The second kappa shape index (κ2) is 6.75. The van der Waals surface area contributed by atoms with Gasteiger partial charge in [-0.05, 0) is 19.3 Å². The highest BCUT2D eigenvalue weighted by molar-refractivity contribution is 7.99. The highest BCUT2D eigenvalue weighted by Gasteiger charge is 2.37. The minimum Gasteiger partial charge on any atom is -0.339 e. The van der Waals surface area contributed by atoms with Crippen molar-refractivity contribution < 1.29 is 4.52 Å². The summed E-state index contributed by atoms with van der Waals surface area (Å²) in [4.78, 5) is 4.60. The van der Waals surface area contributed by atoms with E-state index in [1.54, 1.807) is 0 Å². The fourth-order valence-electron chi connectivity index (χ4n) is 2.60. The first-order chi connectivity index (χ1) is 9.20. The van der Waals surface area contributed by atoms with Gasteiger partial charge in [-0.3, -0.25) is 0 Å². The minimum atomic E-state index is -0.0511. The molecule has 0 aliphatic heterocycles. The first-order valence-electron chi connectivity index (χ1n) is 7.35. The van der Waals surface area contributed by atoms with E-state index in [4.69, 9.17) is 10.3 Å². The van der Waals surface area contributed by atoms with E-state index >= 15 is 0 Å². The Morgan fingerprint density at radius 1 is 1.37 bits per heavy atom. The molecule has 1 aromatic rings. The van der Waals surface area contributed by atoms with Crippen molar-refractivity contribution in [2.45, 2.75) is 68.8 Å². The van der Waals surface area contributed by atoms with Crippen LogP contribution < -0.4 is 5.73 Å². The van der Waals surface area contributed by atoms with E-state index in [1.165, 1.54) is 25.7 Å². The lowest BCUT2D eigenvalue weighted by Gasteiger charge is -2.32. The first-order valence-corrected chi connectivity index (χ1v) is 8.40. The number of rotatable bonds is 6. The zero-order valence-corrected chi connectivity index (χ0v) is 12.8. The molecule has 1 unspecified atom stereocenters. The van der Waals surface area contributed by atoms with Crippen LogP contribution in [0, 0.1) is 0 Å². The van der Waals surface area contributed by atoms with Gasteiger partial charge in [-0.15, -0.1) is 0 Å². The van der Waals surface area contributed by atoms with Crippen LogP contribution in [0.3, 0.4) is 0 Å². The number of thioether (sulfide) groups is 1. The maximum Gasteiger partial charge on any atom is 0.234 e. The van der Waals surface area contributed by atoms with Crippen molar-refractivity contribution in [2.24, 2.45) is 5.73 Å². The van der Waals surface area contributed by atoms with Gasteiger partial charge in [0.15, 0.2) is 5.82 Å². The molecule has 1 fully saturated rings. The number of nitrogens with zero attached hydrogens (tertiary/aromatic N) is 2. The van der Waals surface area contributed by atoms with Crippen LogP contribution >= 0.6 is 11.8 Å². The second-order valence-corrected chi connectivity index (χ2v) is 7.02. The van der Waals surface area contributed by atoms with Gasteiger partial charge in [0.2, 0.25) is 5.89 Å². The minimum absolute atomic E-state index is 0.0511. The van der Waals surface area contributed by atoms with Crippen molar-refractivity contribution in [1.82, 2.24) is 10.1 Å². The molecule has 0 aromatic carbocycles. The zero-order chi connectivity index (χ0) is 13.7. The fourth-order valence-corrected chi connectivity index (χ4v) is 3.38. The molecular formula is C14H25N3OS. The summed E-state index contributed by atoms with van der Waals surface area (Å²) in [7, 11) is 0. The van der Waals surface area contributed by atoms with Crippen molar-refractivity contribution >= 4 is 11.8 Å². The average molecular weight is 283 g/mol. The van der Waals surface area contributed by atoms with Gasteiger partial charge in [-0.2, -0.15) is 16.7 Å². The maximum absolute atomic E-state index is 5.99. The molecule has 2 N–H and O–H groups in total. The lowest BCUT2D eigenvalue weighted by atomic mass is 9.74. The topological polar surface area (TPSA) is 64.9 Å². The molecular weight excluding hydrogens is 258 g/mol. The Hall–Kier alpha value is -0.550. The van der Waals surface area contributed by atoms with Gasteiger partial charge in [0, 0.05) is 11.8 Å². The highest BCUT2D eigenvalue weighted by atomic mass is 32.2. The van der Waals surface area contributed by atoms with E-state index in [-0.39, 0.29) is 5.41 Å². The molecule has 1 aliphatic carbocycles. The standard InChI is InChI=1S/C14H25N3OS/c1-3-11(2)19-9-12-16-13(18-17-12)14(10-15)7-5-4-6-8-14/h11H,3-10,15H2,1-2H3. The lowest BCUT2D eigenvalue weighted by molar-refractivity contribution is 0.219. The molecule has 1 aliphatic rings. The zero-order valence-electron chi connectivity index (χ0n) is 12.0. The summed E-state index contributed by atoms with van der Waals surface area (Å²) in [5.41, 5.74) is 5.94. The van der Waals surface area contributed by atoms with Crippen LogP contribution in [0.4, 0.5) is 0 Å². The van der Waals surface area contributed by atoms with Gasteiger partial charge in [0.25, 0.3) is 0 Å². The Bertz CT molecular complexity index is 388. The first kappa shape index (κ1) is 14.9. The third kappa shape index (κ3) is 3.51. The van der Waals surface area contributed by atoms with Crippen LogP contribution in [0.25, 0.3) is 0 Å². The van der Waals surface area contributed by atoms with Gasteiger partial charge in [-0.25, -0.2) is 0 Å². The second-order valence-electron chi connectivity index (χ2n) is 5.59. The predicted molar refractivity (Wildman–Crippen MR) is 79.2 cm³/mol. The SMILES string of the molecule is CCC(C)SCc1noc(C2(CN)CCCCC2)n1. The molecule has 0 amide bonds. The number of aromatic nitrogens is 2. The molecule has 0 spiro atoms. The van der Waals surface area contributed by atoms with Crippen molar-refractivity contribution in [1.29, 1.82) is 0 Å². The quantitative estimate of drug-likeness (QED) is 0.868. The van der Waals surface area contributed by atoms with Gasteiger partial charge in [0.1, 0.15) is 0 Å². The molecule has 0 radical (unpaired) electrons. The maximum atomic E-state index is 5.99. The summed E-state index contributed by atoms with van der Waals surface area (Å²) in [5.74, 6) is 2.42. The molecule has 1 saturated carbocycles. The highest BCUT2D eigenvalue weighted by Crippen LogP contribution is 2.37. The molecule has 1 aromatic heterocycles. The number of hydrogen-bond acceptors (Lipinski definition) is 5. The van der Waals surface area contributed by atoms with E-state index in [2.05, 4.69) is 24.0 Å². The van der Waals surface area contributed by atoms with Crippen LogP contribution in [0.2, 0.25) is 0 Å². The normalized spacial score (nSPS) is 20.4. The molecule has 19 heavy (non-hydrogen) atoms. The van der Waals surface area contributed by atoms with E-state index in [9.17, 15) is 0 Å². The Morgan fingerprint density at radius 2 is 2.11 bits per heavy atom. The Balaban J connectivity index is 2.02. The van der Waals surface area contributed by atoms with E-state index < -0.39 is 0 Å². The summed E-state index contributed by atoms with van der Waals surface area (Å²) in [6.07, 6.45) is 7.08. The van der Waals surface area contributed by atoms with Crippen molar-refractivity contribution in [3.05, 3.63) is 11.7 Å². The van der Waals surface area contributed by atoms with Crippen LogP contribution in [-0.4, -0.2) is 21.9 Å². The lowest BCUT2D eigenvalue weighted by Crippen LogP contribution is -2.37. The largest absolute Gasteiger partial charge is 0.339 e. The number of hydrogen-bond donors (Lipinski definition) is 1. The molecule has 108 valence electrons. The molecule has 1 atom stereocenters. The molecule has 1 heterocycles. The van der Waals surface area contributed by atoms with Crippen LogP contribution in [-0.2, 0) is 11.2 Å². The van der Waals surface area contributed by atoms with Gasteiger partial charge < -0.3 is 10.3 Å². The van der Waals surface area contributed by atoms with Crippen molar-refractivity contribution in [2.75, 3.05) is 6.54 Å². The number of nitrogens with two attached hydrogens (primary N) is 1. The molecule has 5 heteroatoms. The summed E-state index contributed by atoms with van der Waals surface area (Å²) < 4.78 is 5.51. The van der Waals surface area contributed by atoms with Gasteiger partial charge in [-0.1, -0.05) is 38.3 Å². The van der Waals surface area contributed by atoms with Crippen LogP contribution in [0.5, 0.6) is 0 Å². The monoisotopic (exact) mass is 283 g/mol.